The topological polar surface area (TPSA) is 83.6 Å². The highest BCUT2D eigenvalue weighted by atomic mass is 16.4. The first-order valence-electron chi connectivity index (χ1n) is 7.94. The summed E-state index contributed by atoms with van der Waals surface area (Å²) in [7, 11) is 0. The molecule has 1 saturated heterocycles. The predicted octanol–water partition coefficient (Wildman–Crippen LogP) is 2.98. The van der Waals surface area contributed by atoms with Crippen molar-refractivity contribution in [3.8, 4) is 11.3 Å². The van der Waals surface area contributed by atoms with Gasteiger partial charge in [-0.25, -0.2) is 4.98 Å². The summed E-state index contributed by atoms with van der Waals surface area (Å²) in [6.45, 7) is 4.37. The van der Waals surface area contributed by atoms with E-state index in [1.807, 2.05) is 31.2 Å². The lowest BCUT2D eigenvalue weighted by Gasteiger charge is -2.37. The minimum Gasteiger partial charge on any atom is -0.481 e. The fourth-order valence-corrected chi connectivity index (χ4v) is 3.05. The number of oxazole rings is 1. The molecule has 6 nitrogen and oxygen atoms in total. The van der Waals surface area contributed by atoms with Crippen LogP contribution in [0.4, 0.5) is 0 Å². The maximum Gasteiger partial charge on any atom is 0.311 e. The molecule has 0 spiro atoms. The van der Waals surface area contributed by atoms with E-state index in [2.05, 4.69) is 4.98 Å². The molecule has 1 aliphatic rings. The first-order valence-corrected chi connectivity index (χ1v) is 7.94. The van der Waals surface area contributed by atoms with Gasteiger partial charge in [-0.2, -0.15) is 0 Å². The highest BCUT2D eigenvalue weighted by molar-refractivity contribution is 5.98. The molecule has 6 heteroatoms. The number of hydrogen-bond donors (Lipinski definition) is 1. The number of aromatic nitrogens is 1. The van der Waals surface area contributed by atoms with Crippen LogP contribution in [0.1, 0.15) is 35.8 Å². The number of carboxylic acid groups (broad SMARTS) is 1. The number of aryl methyl sites for hydroxylation is 1. The SMILES string of the molecule is Cc1ccc(-c2ocnc2C(=O)N2CCCC(C)(C(=O)O)C2)cc1. The zero-order chi connectivity index (χ0) is 17.3. The van der Waals surface area contributed by atoms with Crippen molar-refractivity contribution in [2.75, 3.05) is 13.1 Å². The van der Waals surface area contributed by atoms with Gasteiger partial charge in [0.2, 0.25) is 0 Å². The average Bonchev–Trinajstić information content (AvgIpc) is 3.04. The molecule has 24 heavy (non-hydrogen) atoms. The van der Waals surface area contributed by atoms with Crippen LogP contribution >= 0.6 is 0 Å². The van der Waals surface area contributed by atoms with Gasteiger partial charge in [0.05, 0.1) is 5.41 Å². The Bertz CT molecular complexity index is 766. The second kappa shape index (κ2) is 6.11. The fourth-order valence-electron chi connectivity index (χ4n) is 3.05. The molecular formula is C18H20N2O4. The molecule has 0 radical (unpaired) electrons. The standard InChI is InChI=1S/C18H20N2O4/c1-12-4-6-13(7-5-12)15-14(19-11-24-15)16(21)20-9-3-8-18(2,10-20)17(22)23/h4-7,11H,3,8-10H2,1-2H3,(H,22,23). The number of hydrogen-bond acceptors (Lipinski definition) is 4. The van der Waals surface area contributed by atoms with Crippen LogP contribution in [0.2, 0.25) is 0 Å². The summed E-state index contributed by atoms with van der Waals surface area (Å²) >= 11 is 0. The zero-order valence-electron chi connectivity index (χ0n) is 13.8. The third kappa shape index (κ3) is 2.91. The predicted molar refractivity (Wildman–Crippen MR) is 87.6 cm³/mol. The van der Waals surface area contributed by atoms with Crippen molar-refractivity contribution in [1.29, 1.82) is 0 Å². The van der Waals surface area contributed by atoms with Gasteiger partial charge >= 0.3 is 5.97 Å². The summed E-state index contributed by atoms with van der Waals surface area (Å²) in [6, 6.07) is 7.64. The van der Waals surface area contributed by atoms with Crippen molar-refractivity contribution in [1.82, 2.24) is 9.88 Å². The molecule has 1 aliphatic heterocycles. The number of carbonyl (C=O) groups excluding carboxylic acids is 1. The van der Waals surface area contributed by atoms with E-state index in [1.54, 1.807) is 11.8 Å². The highest BCUT2D eigenvalue weighted by Gasteiger charge is 2.40. The number of amides is 1. The van der Waals surface area contributed by atoms with Gasteiger partial charge in [-0.3, -0.25) is 9.59 Å². The number of benzene rings is 1. The van der Waals surface area contributed by atoms with E-state index in [4.69, 9.17) is 4.42 Å². The quantitative estimate of drug-likeness (QED) is 0.936. The molecule has 1 N–H and O–H groups in total. The second-order valence-corrected chi connectivity index (χ2v) is 6.59. The number of rotatable bonds is 3. The van der Waals surface area contributed by atoms with Gasteiger partial charge in [0.1, 0.15) is 0 Å². The van der Waals surface area contributed by atoms with E-state index < -0.39 is 11.4 Å². The van der Waals surface area contributed by atoms with Crippen molar-refractivity contribution >= 4 is 11.9 Å². The zero-order valence-corrected chi connectivity index (χ0v) is 13.8. The number of likely N-dealkylation sites (tertiary alicyclic amines) is 1. The van der Waals surface area contributed by atoms with Crippen LogP contribution in [0.25, 0.3) is 11.3 Å². The minimum atomic E-state index is -0.915. The van der Waals surface area contributed by atoms with Crippen LogP contribution in [0.15, 0.2) is 35.1 Å². The Morgan fingerprint density at radius 3 is 2.67 bits per heavy atom. The van der Waals surface area contributed by atoms with Gasteiger partial charge < -0.3 is 14.4 Å². The molecule has 1 aromatic carbocycles. The smallest absolute Gasteiger partial charge is 0.311 e. The van der Waals surface area contributed by atoms with Crippen molar-refractivity contribution in [3.05, 3.63) is 41.9 Å². The van der Waals surface area contributed by atoms with Crippen molar-refractivity contribution in [2.45, 2.75) is 26.7 Å². The molecule has 1 aromatic heterocycles. The van der Waals surface area contributed by atoms with E-state index in [0.717, 1.165) is 11.1 Å². The van der Waals surface area contributed by atoms with E-state index in [-0.39, 0.29) is 18.1 Å². The summed E-state index contributed by atoms with van der Waals surface area (Å²) in [5, 5.41) is 9.41. The van der Waals surface area contributed by atoms with Crippen LogP contribution < -0.4 is 0 Å². The molecule has 126 valence electrons. The van der Waals surface area contributed by atoms with Gasteiger partial charge in [0.25, 0.3) is 5.91 Å². The third-order valence-electron chi connectivity index (χ3n) is 4.58. The molecule has 0 bridgehead atoms. The van der Waals surface area contributed by atoms with Crippen LogP contribution in [-0.2, 0) is 4.79 Å². The summed E-state index contributed by atoms with van der Waals surface area (Å²) < 4.78 is 5.43. The third-order valence-corrected chi connectivity index (χ3v) is 4.58. The molecule has 0 aliphatic carbocycles. The largest absolute Gasteiger partial charge is 0.481 e. The molecule has 1 unspecified atom stereocenters. The molecule has 2 aromatic rings. The first kappa shape index (κ1) is 16.2. The fraction of sp³-hybridized carbons (Fsp3) is 0.389. The second-order valence-electron chi connectivity index (χ2n) is 6.59. The van der Waals surface area contributed by atoms with Crippen LogP contribution in [-0.4, -0.2) is 40.0 Å². The number of aliphatic carboxylic acids is 1. The number of carbonyl (C=O) groups is 2. The lowest BCUT2D eigenvalue weighted by molar-refractivity contribution is -0.150. The average molecular weight is 328 g/mol. The summed E-state index contributed by atoms with van der Waals surface area (Å²) in [6.07, 6.45) is 2.48. The van der Waals surface area contributed by atoms with E-state index >= 15 is 0 Å². The van der Waals surface area contributed by atoms with Crippen LogP contribution in [0, 0.1) is 12.3 Å². The molecule has 0 saturated carbocycles. The van der Waals surface area contributed by atoms with Crippen LogP contribution in [0.3, 0.4) is 0 Å². The molecule has 1 amide bonds. The van der Waals surface area contributed by atoms with E-state index in [1.165, 1.54) is 6.39 Å². The van der Waals surface area contributed by atoms with Crippen molar-refractivity contribution in [3.63, 3.8) is 0 Å². The minimum absolute atomic E-state index is 0.182. The Kier molecular flexibility index (Phi) is 4.13. The number of nitrogens with zero attached hydrogens (tertiary/aromatic N) is 2. The van der Waals surface area contributed by atoms with Crippen molar-refractivity contribution in [2.24, 2.45) is 5.41 Å². The van der Waals surface area contributed by atoms with Gasteiger partial charge in [0, 0.05) is 18.7 Å². The van der Waals surface area contributed by atoms with E-state index in [9.17, 15) is 14.7 Å². The molecular weight excluding hydrogens is 308 g/mol. The first-order chi connectivity index (χ1) is 11.4. The molecule has 3 rings (SSSR count). The Morgan fingerprint density at radius 1 is 1.29 bits per heavy atom. The highest BCUT2D eigenvalue weighted by Crippen LogP contribution is 2.32. The lowest BCUT2D eigenvalue weighted by Crippen LogP contribution is -2.48. The number of piperidine rings is 1. The molecule has 1 atom stereocenters. The Hall–Kier alpha value is -2.63. The molecule has 2 heterocycles. The van der Waals surface area contributed by atoms with Gasteiger partial charge in [-0.05, 0) is 26.7 Å². The van der Waals surface area contributed by atoms with Gasteiger partial charge in [-0.15, -0.1) is 0 Å². The summed E-state index contributed by atoms with van der Waals surface area (Å²) in [5.41, 5.74) is 1.20. The van der Waals surface area contributed by atoms with Crippen LogP contribution in [0.5, 0.6) is 0 Å². The molecule has 1 fully saturated rings. The Balaban J connectivity index is 1.87. The van der Waals surface area contributed by atoms with E-state index in [0.29, 0.717) is 25.1 Å². The summed E-state index contributed by atoms with van der Waals surface area (Å²) in [5.74, 6) is -0.743. The Morgan fingerprint density at radius 2 is 2.00 bits per heavy atom. The summed E-state index contributed by atoms with van der Waals surface area (Å²) in [4.78, 5) is 30.0. The monoisotopic (exact) mass is 328 g/mol. The Labute approximate surface area is 140 Å². The van der Waals surface area contributed by atoms with Gasteiger partial charge in [-0.1, -0.05) is 29.8 Å². The maximum atomic E-state index is 12.8. The van der Waals surface area contributed by atoms with Gasteiger partial charge in [0.15, 0.2) is 17.8 Å². The van der Waals surface area contributed by atoms with Crippen molar-refractivity contribution < 1.29 is 19.1 Å². The lowest BCUT2D eigenvalue weighted by atomic mass is 9.82. The number of carboxylic acids is 1. The maximum absolute atomic E-state index is 12.8. The normalized spacial score (nSPS) is 20.8.